The van der Waals surface area contributed by atoms with Gasteiger partial charge in [-0.25, -0.2) is 0 Å². The molecular weight excluding hydrogens is 143 g/mol. The summed E-state index contributed by atoms with van der Waals surface area (Å²) in [5, 5.41) is 11.2. The van der Waals surface area contributed by atoms with E-state index in [4.69, 9.17) is 5.26 Å². The van der Waals surface area contributed by atoms with Crippen LogP contribution in [0.4, 0.5) is 4.39 Å². The summed E-state index contributed by atoms with van der Waals surface area (Å²) >= 11 is 0. The molecule has 1 rings (SSSR count). The van der Waals surface area contributed by atoms with Crippen molar-refractivity contribution in [1.29, 1.82) is 5.26 Å². The van der Waals surface area contributed by atoms with Crippen molar-refractivity contribution < 1.29 is 4.39 Å². The molecule has 0 fully saturated rings. The van der Waals surface area contributed by atoms with Crippen LogP contribution in [0.1, 0.15) is 13.8 Å². The first-order chi connectivity index (χ1) is 5.06. The zero-order valence-corrected chi connectivity index (χ0v) is 6.48. The maximum atomic E-state index is 12.6. The number of dihydropyridines is 1. The minimum absolute atomic E-state index is 0.394. The number of nitrogens with zero attached hydrogens (tertiary/aromatic N) is 1. The van der Waals surface area contributed by atoms with Gasteiger partial charge in [0.15, 0.2) is 5.95 Å². The molecule has 0 aromatic heterocycles. The van der Waals surface area contributed by atoms with Crippen LogP contribution in [-0.2, 0) is 0 Å². The molecule has 0 atom stereocenters. The normalized spacial score (nSPS) is 20.9. The number of hydrogen-bond donors (Lipinski definition) is 1. The van der Waals surface area contributed by atoms with E-state index in [-0.39, 0.29) is 0 Å². The molecule has 0 aromatic rings. The van der Waals surface area contributed by atoms with Crippen LogP contribution in [0, 0.1) is 11.3 Å². The van der Waals surface area contributed by atoms with Gasteiger partial charge in [0.25, 0.3) is 0 Å². The highest BCUT2D eigenvalue weighted by Gasteiger charge is 2.26. The summed E-state index contributed by atoms with van der Waals surface area (Å²) in [6.07, 6.45) is 2.75. The van der Waals surface area contributed by atoms with Crippen LogP contribution in [0.3, 0.4) is 0 Å². The monoisotopic (exact) mass is 152 g/mol. The Labute approximate surface area is 65.0 Å². The van der Waals surface area contributed by atoms with Crippen LogP contribution < -0.4 is 5.32 Å². The van der Waals surface area contributed by atoms with Crippen LogP contribution in [0.25, 0.3) is 0 Å². The molecule has 3 heteroatoms. The molecule has 1 aliphatic rings. The van der Waals surface area contributed by atoms with E-state index in [1.165, 1.54) is 12.2 Å². The summed E-state index contributed by atoms with van der Waals surface area (Å²) in [5.41, 5.74) is -0.0352. The fourth-order valence-electron chi connectivity index (χ4n) is 0.949. The first kappa shape index (κ1) is 7.80. The van der Waals surface area contributed by atoms with E-state index >= 15 is 0 Å². The maximum absolute atomic E-state index is 12.6. The standard InChI is InChI=1S/C8H9FN2/c1-8(2)6(5-10)3-4-7(9)11-8/h3-4,11H,1-2H3. The summed E-state index contributed by atoms with van der Waals surface area (Å²) in [7, 11) is 0. The SMILES string of the molecule is CC1(C)NC(F)=CC=C1C#N. The van der Waals surface area contributed by atoms with E-state index < -0.39 is 11.5 Å². The molecular formula is C8H9FN2. The molecule has 11 heavy (non-hydrogen) atoms. The number of allylic oxidation sites excluding steroid dienone is 2. The molecule has 1 N–H and O–H groups in total. The van der Waals surface area contributed by atoms with E-state index in [0.717, 1.165) is 0 Å². The van der Waals surface area contributed by atoms with Gasteiger partial charge >= 0.3 is 0 Å². The van der Waals surface area contributed by atoms with Gasteiger partial charge in [0.1, 0.15) is 0 Å². The fraction of sp³-hybridized carbons (Fsp3) is 0.375. The second-order valence-corrected chi connectivity index (χ2v) is 2.96. The molecule has 0 unspecified atom stereocenters. The van der Waals surface area contributed by atoms with Gasteiger partial charge in [-0.2, -0.15) is 9.65 Å². The van der Waals surface area contributed by atoms with Gasteiger partial charge in [0, 0.05) is 0 Å². The summed E-state index contributed by atoms with van der Waals surface area (Å²) in [5.74, 6) is -0.394. The fourth-order valence-corrected chi connectivity index (χ4v) is 0.949. The first-order valence-electron chi connectivity index (χ1n) is 3.32. The smallest absolute Gasteiger partial charge is 0.187 e. The van der Waals surface area contributed by atoms with Crippen molar-refractivity contribution in [3.63, 3.8) is 0 Å². The van der Waals surface area contributed by atoms with Crippen LogP contribution in [0.15, 0.2) is 23.7 Å². The quantitative estimate of drug-likeness (QED) is 0.535. The molecule has 0 aromatic carbocycles. The Morgan fingerprint density at radius 2 is 2.18 bits per heavy atom. The lowest BCUT2D eigenvalue weighted by atomic mass is 9.93. The number of nitrogens with one attached hydrogen (secondary N) is 1. The van der Waals surface area contributed by atoms with Crippen molar-refractivity contribution in [3.05, 3.63) is 23.7 Å². The Kier molecular flexibility index (Phi) is 1.69. The second-order valence-electron chi connectivity index (χ2n) is 2.96. The molecule has 0 aliphatic carbocycles. The lowest BCUT2D eigenvalue weighted by Crippen LogP contribution is -2.40. The van der Waals surface area contributed by atoms with Crippen LogP contribution >= 0.6 is 0 Å². The van der Waals surface area contributed by atoms with E-state index in [9.17, 15) is 4.39 Å². The zero-order valence-electron chi connectivity index (χ0n) is 6.48. The third-order valence-electron chi connectivity index (χ3n) is 1.62. The number of hydrogen-bond acceptors (Lipinski definition) is 2. The summed E-state index contributed by atoms with van der Waals surface area (Å²) in [6.45, 7) is 3.52. The maximum Gasteiger partial charge on any atom is 0.187 e. The average Bonchev–Trinajstić information content (AvgIpc) is 1.85. The third kappa shape index (κ3) is 1.40. The Hall–Kier alpha value is -1.30. The van der Waals surface area contributed by atoms with Gasteiger partial charge in [-0.1, -0.05) is 0 Å². The molecule has 0 amide bonds. The largest absolute Gasteiger partial charge is 0.352 e. The van der Waals surface area contributed by atoms with E-state index in [1.54, 1.807) is 13.8 Å². The molecule has 1 aliphatic heterocycles. The Bertz CT molecular complexity index is 268. The van der Waals surface area contributed by atoms with Gasteiger partial charge in [0.2, 0.25) is 0 Å². The van der Waals surface area contributed by atoms with Crippen molar-refractivity contribution in [2.45, 2.75) is 19.4 Å². The number of halogens is 1. The first-order valence-corrected chi connectivity index (χ1v) is 3.32. The molecule has 0 bridgehead atoms. The lowest BCUT2D eigenvalue weighted by Gasteiger charge is -2.27. The Balaban J connectivity index is 3.01. The van der Waals surface area contributed by atoms with Gasteiger partial charge in [0.05, 0.1) is 17.2 Å². The number of nitriles is 1. The van der Waals surface area contributed by atoms with Crippen molar-refractivity contribution in [1.82, 2.24) is 5.32 Å². The van der Waals surface area contributed by atoms with Crippen molar-refractivity contribution >= 4 is 0 Å². The molecule has 58 valence electrons. The Morgan fingerprint density at radius 3 is 2.64 bits per heavy atom. The minimum atomic E-state index is -0.576. The molecule has 0 spiro atoms. The van der Waals surface area contributed by atoms with Crippen LogP contribution in [0.5, 0.6) is 0 Å². The summed E-state index contributed by atoms with van der Waals surface area (Å²) in [6, 6.07) is 2.00. The molecule has 0 radical (unpaired) electrons. The van der Waals surface area contributed by atoms with E-state index in [1.807, 2.05) is 6.07 Å². The molecule has 0 saturated heterocycles. The molecule has 0 saturated carbocycles. The van der Waals surface area contributed by atoms with E-state index in [0.29, 0.717) is 5.57 Å². The second kappa shape index (κ2) is 2.39. The lowest BCUT2D eigenvalue weighted by molar-refractivity contribution is 0.422. The Morgan fingerprint density at radius 1 is 1.55 bits per heavy atom. The van der Waals surface area contributed by atoms with Crippen LogP contribution in [-0.4, -0.2) is 5.54 Å². The molecule has 2 nitrogen and oxygen atoms in total. The topological polar surface area (TPSA) is 35.8 Å². The van der Waals surface area contributed by atoms with Crippen molar-refractivity contribution in [3.8, 4) is 6.07 Å². The summed E-state index contributed by atoms with van der Waals surface area (Å²) < 4.78 is 12.6. The van der Waals surface area contributed by atoms with Crippen molar-refractivity contribution in [2.75, 3.05) is 0 Å². The summed E-state index contributed by atoms with van der Waals surface area (Å²) in [4.78, 5) is 0. The van der Waals surface area contributed by atoms with Crippen LogP contribution in [0.2, 0.25) is 0 Å². The predicted octanol–water partition coefficient (Wildman–Crippen LogP) is 1.63. The highest BCUT2D eigenvalue weighted by atomic mass is 19.1. The minimum Gasteiger partial charge on any atom is -0.352 e. The average molecular weight is 152 g/mol. The third-order valence-corrected chi connectivity index (χ3v) is 1.62. The zero-order chi connectivity index (χ0) is 8.48. The highest BCUT2D eigenvalue weighted by molar-refractivity contribution is 5.39. The highest BCUT2D eigenvalue weighted by Crippen LogP contribution is 2.21. The van der Waals surface area contributed by atoms with Gasteiger partial charge in [-0.3, -0.25) is 0 Å². The van der Waals surface area contributed by atoms with Gasteiger partial charge in [-0.15, -0.1) is 0 Å². The van der Waals surface area contributed by atoms with Gasteiger partial charge < -0.3 is 5.32 Å². The molecule has 1 heterocycles. The van der Waals surface area contributed by atoms with Gasteiger partial charge in [-0.05, 0) is 26.0 Å². The van der Waals surface area contributed by atoms with Crippen molar-refractivity contribution in [2.24, 2.45) is 0 Å². The van der Waals surface area contributed by atoms with E-state index in [2.05, 4.69) is 5.32 Å². The number of rotatable bonds is 0. The predicted molar refractivity (Wildman–Crippen MR) is 40.1 cm³/mol.